The Morgan fingerprint density at radius 2 is 1.84 bits per heavy atom. The maximum Gasteiger partial charge on any atom is 0.259 e. The van der Waals surface area contributed by atoms with Crippen molar-refractivity contribution in [3.63, 3.8) is 0 Å². The van der Waals surface area contributed by atoms with Crippen LogP contribution in [0.5, 0.6) is 5.75 Å². The van der Waals surface area contributed by atoms with Crippen molar-refractivity contribution >= 4 is 11.6 Å². The lowest BCUT2D eigenvalue weighted by molar-refractivity contribution is 0.102. The molecule has 0 fully saturated rings. The molecule has 0 saturated heterocycles. The fourth-order valence-electron chi connectivity index (χ4n) is 2.10. The Balaban J connectivity index is 2.31. The molecule has 2 rings (SSSR count). The van der Waals surface area contributed by atoms with E-state index in [0.717, 1.165) is 16.9 Å². The predicted octanol–water partition coefficient (Wildman–Crippen LogP) is 3.47. The van der Waals surface area contributed by atoms with Gasteiger partial charge in [0, 0.05) is 11.3 Å². The van der Waals surface area contributed by atoms with Gasteiger partial charge in [-0.15, -0.1) is 0 Å². The molecule has 0 atom stereocenters. The Kier molecular flexibility index (Phi) is 3.34. The van der Waals surface area contributed by atoms with Gasteiger partial charge in [-0.1, -0.05) is 0 Å². The Bertz CT molecular complexity index is 641. The number of phenols is 1. The van der Waals surface area contributed by atoms with Gasteiger partial charge in [0.2, 0.25) is 0 Å². The van der Waals surface area contributed by atoms with Crippen LogP contribution in [0.1, 0.15) is 33.0 Å². The molecule has 1 aromatic heterocycles. The number of hydrogen-bond acceptors (Lipinski definition) is 3. The van der Waals surface area contributed by atoms with Gasteiger partial charge in [0.05, 0.1) is 5.56 Å². The van der Waals surface area contributed by atoms with Crippen molar-refractivity contribution in [1.29, 1.82) is 0 Å². The van der Waals surface area contributed by atoms with E-state index in [4.69, 9.17) is 4.42 Å². The number of rotatable bonds is 2. The first-order chi connectivity index (χ1) is 8.90. The number of phenolic OH excluding ortho intramolecular Hbond substituents is 1. The van der Waals surface area contributed by atoms with E-state index < -0.39 is 0 Å². The highest BCUT2D eigenvalue weighted by Crippen LogP contribution is 2.24. The second-order valence-corrected chi connectivity index (χ2v) is 4.67. The molecular formula is C15H17NO3. The van der Waals surface area contributed by atoms with Crippen LogP contribution >= 0.6 is 0 Å². The van der Waals surface area contributed by atoms with Crippen LogP contribution in [0, 0.1) is 27.7 Å². The molecule has 0 spiro atoms. The third-order valence-corrected chi connectivity index (χ3v) is 3.25. The number of nitrogens with one attached hydrogen (secondary N) is 1. The minimum Gasteiger partial charge on any atom is -0.508 e. The molecule has 1 aromatic carbocycles. The summed E-state index contributed by atoms with van der Waals surface area (Å²) in [6, 6.07) is 4.83. The molecule has 4 heteroatoms. The standard InChI is InChI=1S/C15H17NO3/c1-8-7-12(17)5-6-13(8)16-15(18)14-9(2)10(3)19-11(14)4/h5-7,17H,1-4H3,(H,16,18). The molecule has 0 aliphatic carbocycles. The van der Waals surface area contributed by atoms with Crippen LogP contribution in [-0.2, 0) is 0 Å². The van der Waals surface area contributed by atoms with E-state index in [1.807, 2.05) is 20.8 Å². The summed E-state index contributed by atoms with van der Waals surface area (Å²) in [6.45, 7) is 7.31. The van der Waals surface area contributed by atoms with Gasteiger partial charge < -0.3 is 14.8 Å². The fraction of sp³-hybridized carbons (Fsp3) is 0.267. The number of benzene rings is 1. The predicted molar refractivity (Wildman–Crippen MR) is 73.7 cm³/mol. The molecule has 1 amide bonds. The Morgan fingerprint density at radius 1 is 1.16 bits per heavy atom. The van der Waals surface area contributed by atoms with Crippen molar-refractivity contribution in [2.24, 2.45) is 0 Å². The summed E-state index contributed by atoms with van der Waals surface area (Å²) < 4.78 is 5.45. The van der Waals surface area contributed by atoms with Crippen molar-refractivity contribution in [1.82, 2.24) is 0 Å². The van der Waals surface area contributed by atoms with Crippen LogP contribution in [0.25, 0.3) is 0 Å². The largest absolute Gasteiger partial charge is 0.508 e. The highest BCUT2D eigenvalue weighted by molar-refractivity contribution is 6.06. The van der Waals surface area contributed by atoms with Gasteiger partial charge in [-0.05, 0) is 51.5 Å². The smallest absolute Gasteiger partial charge is 0.259 e. The van der Waals surface area contributed by atoms with E-state index in [1.54, 1.807) is 25.1 Å². The molecule has 2 N–H and O–H groups in total. The molecule has 4 nitrogen and oxygen atoms in total. The highest BCUT2D eigenvalue weighted by atomic mass is 16.3. The molecule has 0 saturated carbocycles. The summed E-state index contributed by atoms with van der Waals surface area (Å²) in [5.74, 6) is 1.36. The third kappa shape index (κ3) is 2.47. The number of aryl methyl sites for hydroxylation is 3. The first-order valence-electron chi connectivity index (χ1n) is 6.07. The van der Waals surface area contributed by atoms with Crippen molar-refractivity contribution in [3.8, 4) is 5.75 Å². The van der Waals surface area contributed by atoms with Crippen molar-refractivity contribution < 1.29 is 14.3 Å². The molecule has 2 aromatic rings. The average Bonchev–Trinajstić information content (AvgIpc) is 2.57. The number of aromatic hydroxyl groups is 1. The second kappa shape index (κ2) is 4.80. The number of carbonyl (C=O) groups is 1. The number of amides is 1. The summed E-state index contributed by atoms with van der Waals surface area (Å²) in [6.07, 6.45) is 0. The Morgan fingerprint density at radius 3 is 2.37 bits per heavy atom. The zero-order chi connectivity index (χ0) is 14.2. The minimum atomic E-state index is -0.194. The lowest BCUT2D eigenvalue weighted by atomic mass is 10.1. The topological polar surface area (TPSA) is 62.5 Å². The monoisotopic (exact) mass is 259 g/mol. The minimum absolute atomic E-state index is 0.182. The number of furan rings is 1. The Labute approximate surface area is 112 Å². The molecule has 100 valence electrons. The van der Waals surface area contributed by atoms with E-state index in [1.165, 1.54) is 0 Å². The van der Waals surface area contributed by atoms with Gasteiger partial charge in [0.1, 0.15) is 17.3 Å². The molecule has 0 aliphatic heterocycles. The quantitative estimate of drug-likeness (QED) is 0.812. The van der Waals surface area contributed by atoms with Crippen LogP contribution in [0.3, 0.4) is 0 Å². The van der Waals surface area contributed by atoms with Crippen LogP contribution in [0.4, 0.5) is 5.69 Å². The molecule has 0 radical (unpaired) electrons. The van der Waals surface area contributed by atoms with E-state index in [-0.39, 0.29) is 11.7 Å². The van der Waals surface area contributed by atoms with E-state index >= 15 is 0 Å². The lowest BCUT2D eigenvalue weighted by Gasteiger charge is -2.08. The van der Waals surface area contributed by atoms with Crippen molar-refractivity contribution in [3.05, 3.63) is 46.4 Å². The fourth-order valence-corrected chi connectivity index (χ4v) is 2.10. The highest BCUT2D eigenvalue weighted by Gasteiger charge is 2.19. The van der Waals surface area contributed by atoms with E-state index in [2.05, 4.69) is 5.32 Å². The SMILES string of the molecule is Cc1cc(O)ccc1NC(=O)c1c(C)oc(C)c1C. The average molecular weight is 259 g/mol. The van der Waals surface area contributed by atoms with Gasteiger partial charge >= 0.3 is 0 Å². The summed E-state index contributed by atoms with van der Waals surface area (Å²) in [5.41, 5.74) is 2.92. The molecule has 0 bridgehead atoms. The van der Waals surface area contributed by atoms with Gasteiger partial charge in [-0.2, -0.15) is 0 Å². The summed E-state index contributed by atoms with van der Waals surface area (Å²) in [7, 11) is 0. The third-order valence-electron chi connectivity index (χ3n) is 3.25. The molecular weight excluding hydrogens is 242 g/mol. The molecule has 19 heavy (non-hydrogen) atoms. The molecule has 0 aliphatic rings. The molecule has 1 heterocycles. The van der Waals surface area contributed by atoms with Crippen molar-refractivity contribution in [2.75, 3.05) is 5.32 Å². The van der Waals surface area contributed by atoms with Crippen molar-refractivity contribution in [2.45, 2.75) is 27.7 Å². The van der Waals surface area contributed by atoms with Gasteiger partial charge in [0.15, 0.2) is 0 Å². The first-order valence-corrected chi connectivity index (χ1v) is 6.07. The normalized spacial score (nSPS) is 10.5. The number of anilines is 1. The Hall–Kier alpha value is -2.23. The van der Waals surface area contributed by atoms with Crippen LogP contribution in [-0.4, -0.2) is 11.0 Å². The number of hydrogen-bond donors (Lipinski definition) is 2. The summed E-state index contributed by atoms with van der Waals surface area (Å²) >= 11 is 0. The maximum absolute atomic E-state index is 12.3. The first kappa shape index (κ1) is 13.2. The van der Waals surface area contributed by atoms with E-state index in [9.17, 15) is 9.90 Å². The summed E-state index contributed by atoms with van der Waals surface area (Å²) in [4.78, 5) is 12.3. The van der Waals surface area contributed by atoms with Gasteiger partial charge in [-0.25, -0.2) is 0 Å². The maximum atomic E-state index is 12.3. The molecule has 0 unspecified atom stereocenters. The van der Waals surface area contributed by atoms with Gasteiger partial charge in [-0.3, -0.25) is 4.79 Å². The zero-order valence-corrected chi connectivity index (χ0v) is 11.5. The van der Waals surface area contributed by atoms with Crippen LogP contribution in [0.15, 0.2) is 22.6 Å². The second-order valence-electron chi connectivity index (χ2n) is 4.67. The lowest BCUT2D eigenvalue weighted by Crippen LogP contribution is -2.14. The van der Waals surface area contributed by atoms with Gasteiger partial charge in [0.25, 0.3) is 5.91 Å². The summed E-state index contributed by atoms with van der Waals surface area (Å²) in [5, 5.41) is 12.2. The van der Waals surface area contributed by atoms with E-state index in [0.29, 0.717) is 17.0 Å². The number of carbonyl (C=O) groups excluding carboxylic acids is 1. The van der Waals surface area contributed by atoms with Crippen LogP contribution < -0.4 is 5.32 Å². The zero-order valence-electron chi connectivity index (χ0n) is 11.5. The van der Waals surface area contributed by atoms with Crippen LogP contribution in [0.2, 0.25) is 0 Å².